The third kappa shape index (κ3) is 3.78. The van der Waals surface area contributed by atoms with Crippen molar-refractivity contribution in [3.8, 4) is 0 Å². The van der Waals surface area contributed by atoms with Crippen molar-refractivity contribution in [3.63, 3.8) is 0 Å². The molecule has 0 saturated heterocycles. The summed E-state index contributed by atoms with van der Waals surface area (Å²) in [5.74, 6) is -2.47. The highest BCUT2D eigenvalue weighted by Gasteiger charge is 2.36. The van der Waals surface area contributed by atoms with Crippen molar-refractivity contribution >= 4 is 33.5 Å². The van der Waals surface area contributed by atoms with Crippen molar-refractivity contribution in [2.75, 3.05) is 12.4 Å². The van der Waals surface area contributed by atoms with E-state index in [2.05, 4.69) is 26.2 Å². The van der Waals surface area contributed by atoms with Crippen molar-refractivity contribution in [2.45, 2.75) is 25.7 Å². The fourth-order valence-electron chi connectivity index (χ4n) is 2.61. The first-order chi connectivity index (χ1) is 10.0. The maximum atomic E-state index is 13.7. The number of hydrogen-bond acceptors (Lipinski definition) is 4. The zero-order valence-electron chi connectivity index (χ0n) is 11.6. The monoisotopic (exact) mass is 358 g/mol. The van der Waals surface area contributed by atoms with Gasteiger partial charge in [0, 0.05) is 0 Å². The number of methoxy groups -OCH3 is 1. The summed E-state index contributed by atoms with van der Waals surface area (Å²) in [4.78, 5) is 27.6. The van der Waals surface area contributed by atoms with Gasteiger partial charge in [-0.05, 0) is 40.9 Å². The average Bonchev–Trinajstić information content (AvgIpc) is 2.49. The molecule has 1 amide bonds. The van der Waals surface area contributed by atoms with Gasteiger partial charge in [-0.2, -0.15) is 4.39 Å². The second-order valence-electron chi connectivity index (χ2n) is 4.98. The minimum absolute atomic E-state index is 0.0115. The lowest BCUT2D eigenvalue weighted by atomic mass is 9.78. The van der Waals surface area contributed by atoms with Crippen LogP contribution in [-0.2, 0) is 14.3 Å². The van der Waals surface area contributed by atoms with Gasteiger partial charge in [0.1, 0.15) is 4.60 Å². The molecule has 0 spiro atoms. The van der Waals surface area contributed by atoms with Crippen molar-refractivity contribution in [3.05, 3.63) is 22.7 Å². The molecule has 1 heterocycles. The zero-order chi connectivity index (χ0) is 15.4. The van der Waals surface area contributed by atoms with Crippen LogP contribution in [0.15, 0.2) is 16.7 Å². The maximum Gasteiger partial charge on any atom is 0.309 e. The molecule has 5 nitrogen and oxygen atoms in total. The summed E-state index contributed by atoms with van der Waals surface area (Å²) in [6, 6.07) is 2.97. The van der Waals surface area contributed by atoms with E-state index in [-0.39, 0.29) is 17.6 Å². The predicted molar refractivity (Wildman–Crippen MR) is 78.0 cm³/mol. The Bertz CT molecular complexity index is 553. The van der Waals surface area contributed by atoms with Crippen LogP contribution in [0.2, 0.25) is 0 Å². The molecule has 2 atom stereocenters. The number of nitrogens with one attached hydrogen (secondary N) is 1. The van der Waals surface area contributed by atoms with Crippen LogP contribution >= 0.6 is 15.9 Å². The summed E-state index contributed by atoms with van der Waals surface area (Å²) in [7, 11) is 1.31. The minimum atomic E-state index is -0.761. The number of rotatable bonds is 3. The molecular weight excluding hydrogens is 343 g/mol. The lowest BCUT2D eigenvalue weighted by molar-refractivity contribution is -0.151. The number of aromatic nitrogens is 1. The summed E-state index contributed by atoms with van der Waals surface area (Å²) in [5.41, 5.74) is 0.0115. The molecule has 1 aromatic rings. The van der Waals surface area contributed by atoms with Crippen molar-refractivity contribution in [2.24, 2.45) is 11.8 Å². The minimum Gasteiger partial charge on any atom is -0.469 e. The molecule has 1 N–H and O–H groups in total. The van der Waals surface area contributed by atoms with Crippen LogP contribution in [0, 0.1) is 17.8 Å². The molecule has 0 radical (unpaired) electrons. The number of esters is 1. The van der Waals surface area contributed by atoms with Gasteiger partial charge < -0.3 is 10.1 Å². The predicted octanol–water partition coefficient (Wildman–Crippen LogP) is 2.90. The number of pyridine rings is 1. The van der Waals surface area contributed by atoms with Crippen LogP contribution in [0.3, 0.4) is 0 Å². The number of carbonyl (C=O) groups excluding carboxylic acids is 2. The van der Waals surface area contributed by atoms with Crippen LogP contribution in [0.4, 0.5) is 10.1 Å². The van der Waals surface area contributed by atoms with Gasteiger partial charge >= 0.3 is 5.97 Å². The van der Waals surface area contributed by atoms with Crippen molar-refractivity contribution in [1.82, 2.24) is 4.98 Å². The third-order valence-electron chi connectivity index (χ3n) is 3.68. The average molecular weight is 359 g/mol. The number of hydrogen-bond donors (Lipinski definition) is 1. The van der Waals surface area contributed by atoms with Crippen molar-refractivity contribution < 1.29 is 18.7 Å². The summed E-state index contributed by atoms with van der Waals surface area (Å²) < 4.78 is 18.8. The van der Waals surface area contributed by atoms with Crippen LogP contribution in [0.5, 0.6) is 0 Å². The smallest absolute Gasteiger partial charge is 0.309 e. The van der Waals surface area contributed by atoms with E-state index in [4.69, 9.17) is 4.74 Å². The van der Waals surface area contributed by atoms with Gasteiger partial charge in [-0.15, -0.1) is 0 Å². The Morgan fingerprint density at radius 1 is 1.33 bits per heavy atom. The SMILES string of the molecule is COC(=O)[C@H]1CCCC[C@@H]1C(=O)Nc1ccc(Br)nc1F. The topological polar surface area (TPSA) is 68.3 Å². The van der Waals surface area contributed by atoms with Gasteiger partial charge in [0.25, 0.3) is 0 Å². The molecule has 1 aromatic heterocycles. The van der Waals surface area contributed by atoms with Crippen LogP contribution in [-0.4, -0.2) is 24.0 Å². The lowest BCUT2D eigenvalue weighted by Gasteiger charge is -2.28. The van der Waals surface area contributed by atoms with Gasteiger partial charge in [-0.25, -0.2) is 4.98 Å². The van der Waals surface area contributed by atoms with Gasteiger partial charge in [-0.1, -0.05) is 12.8 Å². The van der Waals surface area contributed by atoms with Crippen LogP contribution in [0.25, 0.3) is 0 Å². The molecule has 0 aliphatic heterocycles. The zero-order valence-corrected chi connectivity index (χ0v) is 13.2. The molecule has 0 aromatic carbocycles. The second-order valence-corrected chi connectivity index (χ2v) is 5.79. The summed E-state index contributed by atoms with van der Waals surface area (Å²) in [6.45, 7) is 0. The first kappa shape index (κ1) is 15.9. The number of ether oxygens (including phenoxy) is 1. The quantitative estimate of drug-likeness (QED) is 0.666. The lowest BCUT2D eigenvalue weighted by Crippen LogP contribution is -2.36. The van der Waals surface area contributed by atoms with Gasteiger partial charge in [0.2, 0.25) is 11.9 Å². The van der Waals surface area contributed by atoms with Crippen molar-refractivity contribution in [1.29, 1.82) is 0 Å². The Labute approximate surface area is 130 Å². The van der Waals surface area contributed by atoms with E-state index < -0.39 is 17.8 Å². The van der Waals surface area contributed by atoms with E-state index >= 15 is 0 Å². The van der Waals surface area contributed by atoms with E-state index in [1.807, 2.05) is 0 Å². The largest absolute Gasteiger partial charge is 0.469 e. The number of anilines is 1. The van der Waals surface area contributed by atoms with Gasteiger partial charge in [0.05, 0.1) is 24.6 Å². The highest BCUT2D eigenvalue weighted by Crippen LogP contribution is 2.32. The van der Waals surface area contributed by atoms with E-state index in [1.54, 1.807) is 0 Å². The molecule has 21 heavy (non-hydrogen) atoms. The highest BCUT2D eigenvalue weighted by atomic mass is 79.9. The van der Waals surface area contributed by atoms with E-state index in [9.17, 15) is 14.0 Å². The standard InChI is InChI=1S/C14H16BrFN2O3/c1-21-14(20)9-5-3-2-4-8(9)13(19)17-10-6-7-11(15)18-12(10)16/h6-9H,2-5H2,1H3,(H,17,19)/t8-,9-/m0/s1. The van der Waals surface area contributed by atoms with Gasteiger partial charge in [0.15, 0.2) is 0 Å². The van der Waals surface area contributed by atoms with E-state index in [1.165, 1.54) is 19.2 Å². The molecule has 1 aliphatic rings. The van der Waals surface area contributed by atoms with Crippen LogP contribution < -0.4 is 5.32 Å². The Morgan fingerprint density at radius 2 is 2.00 bits per heavy atom. The highest BCUT2D eigenvalue weighted by molar-refractivity contribution is 9.10. The third-order valence-corrected chi connectivity index (χ3v) is 4.12. The Hall–Kier alpha value is -1.50. The first-order valence-corrected chi connectivity index (χ1v) is 7.53. The van der Waals surface area contributed by atoms with E-state index in [0.717, 1.165) is 12.8 Å². The first-order valence-electron chi connectivity index (χ1n) is 6.73. The summed E-state index contributed by atoms with van der Waals surface area (Å²) in [6.07, 6.45) is 2.97. The number of nitrogens with zero attached hydrogens (tertiary/aromatic N) is 1. The fraction of sp³-hybridized carbons (Fsp3) is 0.500. The molecule has 7 heteroatoms. The Morgan fingerprint density at radius 3 is 2.62 bits per heavy atom. The number of amides is 1. The molecule has 1 fully saturated rings. The molecule has 114 valence electrons. The Balaban J connectivity index is 2.12. The normalized spacial score (nSPS) is 21.7. The van der Waals surface area contributed by atoms with E-state index in [0.29, 0.717) is 17.4 Å². The van der Waals surface area contributed by atoms with Gasteiger partial charge in [-0.3, -0.25) is 9.59 Å². The molecular formula is C14H16BrFN2O3. The fourth-order valence-corrected chi connectivity index (χ4v) is 2.90. The molecule has 0 bridgehead atoms. The summed E-state index contributed by atoms with van der Waals surface area (Å²) >= 11 is 3.05. The Kier molecular flexibility index (Phi) is 5.27. The second kappa shape index (κ2) is 6.98. The molecule has 2 rings (SSSR count). The molecule has 0 unspecified atom stereocenters. The summed E-state index contributed by atoms with van der Waals surface area (Å²) in [5, 5.41) is 2.51. The molecule has 1 aliphatic carbocycles. The van der Waals surface area contributed by atoms with Crippen LogP contribution in [0.1, 0.15) is 25.7 Å². The number of halogens is 2. The number of carbonyl (C=O) groups is 2. The molecule has 1 saturated carbocycles. The maximum absolute atomic E-state index is 13.7.